The molecule has 1 aromatic carbocycles. The summed E-state index contributed by atoms with van der Waals surface area (Å²) < 4.78 is 5.10. The summed E-state index contributed by atoms with van der Waals surface area (Å²) in [5.74, 6) is -2.50. The molecule has 27 heavy (non-hydrogen) atoms. The molecule has 1 aromatic rings. The number of carbonyl (C=O) groups is 3. The van der Waals surface area contributed by atoms with E-state index in [4.69, 9.17) is 4.74 Å². The lowest BCUT2D eigenvalue weighted by Crippen LogP contribution is -2.55. The fraction of sp³-hybridized carbons (Fsp3) is 0.500. The zero-order valence-electron chi connectivity index (χ0n) is 15.1. The maximum Gasteiger partial charge on any atom is 0.408 e. The van der Waals surface area contributed by atoms with Crippen LogP contribution in [0.25, 0.3) is 0 Å². The van der Waals surface area contributed by atoms with Crippen LogP contribution in [0.4, 0.5) is 4.79 Å². The van der Waals surface area contributed by atoms with E-state index in [2.05, 4.69) is 5.32 Å². The van der Waals surface area contributed by atoms with E-state index in [-0.39, 0.29) is 19.1 Å². The van der Waals surface area contributed by atoms with Gasteiger partial charge in [0.2, 0.25) is 5.91 Å². The van der Waals surface area contributed by atoms with Crippen LogP contribution in [0, 0.1) is 5.92 Å². The van der Waals surface area contributed by atoms with Crippen molar-refractivity contribution in [1.29, 1.82) is 0 Å². The van der Waals surface area contributed by atoms with E-state index < -0.39 is 42.3 Å². The molecular formula is C18H24N2O7. The van der Waals surface area contributed by atoms with E-state index in [1.165, 1.54) is 0 Å². The third-order valence-corrected chi connectivity index (χ3v) is 4.39. The van der Waals surface area contributed by atoms with Crippen LogP contribution in [-0.2, 0) is 20.9 Å². The summed E-state index contributed by atoms with van der Waals surface area (Å²) in [6.07, 6.45) is -3.78. The first-order valence-corrected chi connectivity index (χ1v) is 8.59. The number of hydrogen-bond acceptors (Lipinski definition) is 6. The minimum absolute atomic E-state index is 0.0184. The third kappa shape index (κ3) is 4.95. The van der Waals surface area contributed by atoms with Crippen molar-refractivity contribution in [2.75, 3.05) is 6.54 Å². The molecule has 4 atom stereocenters. The van der Waals surface area contributed by atoms with E-state index >= 15 is 0 Å². The van der Waals surface area contributed by atoms with Crippen LogP contribution >= 0.6 is 0 Å². The predicted octanol–water partition coefficient (Wildman–Crippen LogP) is -0.0454. The molecule has 1 aliphatic heterocycles. The number of carboxylic acid groups (broad SMARTS) is 1. The molecule has 4 N–H and O–H groups in total. The summed E-state index contributed by atoms with van der Waals surface area (Å²) >= 11 is 0. The molecule has 0 saturated carbocycles. The number of aliphatic hydroxyl groups is 2. The number of carboxylic acids is 1. The average Bonchev–Trinajstić information content (AvgIpc) is 2.93. The normalized spacial score (nSPS) is 23.1. The SMILES string of the molecule is CC(C)[C@H](NC(=O)OCc1ccccc1)C(=O)N1C[C@H](O)[C@H](O)[C@H]1C(=O)O. The minimum atomic E-state index is -1.59. The molecule has 0 spiro atoms. The van der Waals surface area contributed by atoms with Crippen LogP contribution in [0.2, 0.25) is 0 Å². The lowest BCUT2D eigenvalue weighted by atomic mass is 10.0. The summed E-state index contributed by atoms with van der Waals surface area (Å²) in [6.45, 7) is 3.04. The predicted molar refractivity (Wildman–Crippen MR) is 93.5 cm³/mol. The summed E-state index contributed by atoms with van der Waals surface area (Å²) in [6, 6.07) is 6.35. The lowest BCUT2D eigenvalue weighted by molar-refractivity contribution is -0.152. The molecule has 0 unspecified atom stereocenters. The van der Waals surface area contributed by atoms with Crippen LogP contribution in [0.3, 0.4) is 0 Å². The second-order valence-corrected chi connectivity index (χ2v) is 6.76. The largest absolute Gasteiger partial charge is 0.480 e. The fourth-order valence-electron chi connectivity index (χ4n) is 2.91. The highest BCUT2D eigenvalue weighted by Gasteiger charge is 2.48. The van der Waals surface area contributed by atoms with Gasteiger partial charge in [0.05, 0.1) is 6.54 Å². The second-order valence-electron chi connectivity index (χ2n) is 6.76. The van der Waals surface area contributed by atoms with Crippen molar-refractivity contribution in [3.05, 3.63) is 35.9 Å². The van der Waals surface area contributed by atoms with Gasteiger partial charge >= 0.3 is 12.1 Å². The summed E-state index contributed by atoms with van der Waals surface area (Å²) in [4.78, 5) is 37.1. The van der Waals surface area contributed by atoms with Crippen molar-refractivity contribution in [2.45, 2.75) is 44.7 Å². The Hall–Kier alpha value is -2.65. The fourth-order valence-corrected chi connectivity index (χ4v) is 2.91. The average molecular weight is 380 g/mol. The number of benzene rings is 1. The van der Waals surface area contributed by atoms with Gasteiger partial charge in [-0.3, -0.25) is 4.79 Å². The number of nitrogens with zero attached hydrogens (tertiary/aromatic N) is 1. The van der Waals surface area contributed by atoms with Gasteiger partial charge in [-0.1, -0.05) is 44.2 Å². The Labute approximate surface area is 156 Å². The number of hydrogen-bond donors (Lipinski definition) is 4. The van der Waals surface area contributed by atoms with Crippen molar-refractivity contribution >= 4 is 18.0 Å². The molecule has 1 saturated heterocycles. The van der Waals surface area contributed by atoms with Gasteiger partial charge in [0.1, 0.15) is 24.9 Å². The summed E-state index contributed by atoms with van der Waals surface area (Å²) in [7, 11) is 0. The van der Waals surface area contributed by atoms with E-state index in [1.54, 1.807) is 38.1 Å². The van der Waals surface area contributed by atoms with Gasteiger partial charge in [-0.25, -0.2) is 9.59 Å². The van der Waals surface area contributed by atoms with Crippen LogP contribution < -0.4 is 5.32 Å². The first-order valence-electron chi connectivity index (χ1n) is 8.59. The van der Waals surface area contributed by atoms with Crippen LogP contribution in [0.1, 0.15) is 19.4 Å². The van der Waals surface area contributed by atoms with Gasteiger partial charge < -0.3 is 30.3 Å². The third-order valence-electron chi connectivity index (χ3n) is 4.39. The van der Waals surface area contributed by atoms with E-state index in [0.717, 1.165) is 10.5 Å². The quantitative estimate of drug-likeness (QED) is 0.543. The van der Waals surface area contributed by atoms with E-state index in [0.29, 0.717) is 0 Å². The molecule has 1 fully saturated rings. The van der Waals surface area contributed by atoms with Crippen LogP contribution in [0.5, 0.6) is 0 Å². The Balaban J connectivity index is 2.04. The van der Waals surface area contributed by atoms with Crippen LogP contribution in [-0.4, -0.2) is 69.0 Å². The van der Waals surface area contributed by atoms with Crippen LogP contribution in [0.15, 0.2) is 30.3 Å². The highest BCUT2D eigenvalue weighted by molar-refractivity contribution is 5.90. The van der Waals surface area contributed by atoms with Gasteiger partial charge in [-0.15, -0.1) is 0 Å². The zero-order chi connectivity index (χ0) is 20.1. The monoisotopic (exact) mass is 380 g/mol. The highest BCUT2D eigenvalue weighted by Crippen LogP contribution is 2.21. The number of aliphatic hydroxyl groups excluding tert-OH is 2. The van der Waals surface area contributed by atoms with Crippen molar-refractivity contribution in [2.24, 2.45) is 5.92 Å². The number of alkyl carbamates (subject to hydrolysis) is 1. The number of amides is 2. The molecular weight excluding hydrogens is 356 g/mol. The number of β-amino-alcohol motifs (C(OH)–C–C–N with tert-alkyl or cyclic N) is 1. The second kappa shape index (κ2) is 8.83. The molecule has 9 nitrogen and oxygen atoms in total. The van der Waals surface area contributed by atoms with E-state index in [1.807, 2.05) is 6.07 Å². The standard InChI is InChI=1S/C18H24N2O7/c1-10(2)13(19-18(26)27-9-11-6-4-3-5-7-11)16(23)20-8-12(21)15(22)14(20)17(24)25/h3-7,10,12-15,21-22H,8-9H2,1-2H3,(H,19,26)(H,24,25)/t12-,13-,14-,15-/m0/s1. The van der Waals surface area contributed by atoms with Crippen molar-refractivity contribution < 1.29 is 34.4 Å². The maximum atomic E-state index is 12.8. The number of likely N-dealkylation sites (tertiary alicyclic amines) is 1. The Bertz CT molecular complexity index is 680. The Morgan fingerprint density at radius 1 is 1.22 bits per heavy atom. The maximum absolute atomic E-state index is 12.8. The minimum Gasteiger partial charge on any atom is -0.480 e. The molecule has 0 bridgehead atoms. The highest BCUT2D eigenvalue weighted by atomic mass is 16.5. The number of nitrogens with one attached hydrogen (secondary N) is 1. The molecule has 9 heteroatoms. The molecule has 1 aliphatic rings. The summed E-state index contributed by atoms with van der Waals surface area (Å²) in [5, 5.41) is 31.3. The lowest BCUT2D eigenvalue weighted by Gasteiger charge is -2.29. The van der Waals surface area contributed by atoms with Gasteiger partial charge in [0.15, 0.2) is 6.04 Å². The molecule has 0 aromatic heterocycles. The topological polar surface area (TPSA) is 136 Å². The van der Waals surface area contributed by atoms with Crippen molar-refractivity contribution in [3.63, 3.8) is 0 Å². The first-order chi connectivity index (χ1) is 12.7. The Morgan fingerprint density at radius 2 is 1.85 bits per heavy atom. The van der Waals surface area contributed by atoms with Crippen molar-refractivity contribution in [1.82, 2.24) is 10.2 Å². The number of rotatable bonds is 6. The molecule has 2 amide bonds. The Kier molecular flexibility index (Phi) is 6.75. The first kappa shape index (κ1) is 20.7. The van der Waals surface area contributed by atoms with E-state index in [9.17, 15) is 29.7 Å². The molecule has 148 valence electrons. The number of aliphatic carboxylic acids is 1. The summed E-state index contributed by atoms with van der Waals surface area (Å²) in [5.41, 5.74) is 0.775. The Morgan fingerprint density at radius 3 is 2.41 bits per heavy atom. The molecule has 0 radical (unpaired) electrons. The van der Waals surface area contributed by atoms with Gasteiger partial charge in [-0.2, -0.15) is 0 Å². The number of carbonyl (C=O) groups excluding carboxylic acids is 2. The number of ether oxygens (including phenoxy) is 1. The van der Waals surface area contributed by atoms with Crippen molar-refractivity contribution in [3.8, 4) is 0 Å². The van der Waals surface area contributed by atoms with Gasteiger partial charge in [-0.05, 0) is 11.5 Å². The van der Waals surface area contributed by atoms with Gasteiger partial charge in [0, 0.05) is 0 Å². The molecule has 0 aliphatic carbocycles. The smallest absolute Gasteiger partial charge is 0.408 e. The zero-order valence-corrected chi connectivity index (χ0v) is 15.1. The molecule has 2 rings (SSSR count). The van der Waals surface area contributed by atoms with Gasteiger partial charge in [0.25, 0.3) is 0 Å². The molecule has 1 heterocycles.